The second kappa shape index (κ2) is 4.40. The molecular weight excluding hydrogens is 164 g/mol. The highest BCUT2D eigenvalue weighted by molar-refractivity contribution is 4.81. The van der Waals surface area contributed by atoms with Gasteiger partial charge in [-0.1, -0.05) is 0 Å². The molecule has 13 heavy (non-hydrogen) atoms. The quantitative estimate of drug-likeness (QED) is 0.605. The van der Waals surface area contributed by atoms with Crippen LogP contribution in [-0.2, 0) is 0 Å². The number of aliphatic hydroxyl groups is 1. The highest BCUT2D eigenvalue weighted by atomic mass is 16.3. The molecule has 0 atom stereocenters. The first-order chi connectivity index (χ1) is 5.97. The van der Waals surface area contributed by atoms with E-state index < -0.39 is 0 Å². The third-order valence-corrected chi connectivity index (χ3v) is 2.54. The summed E-state index contributed by atoms with van der Waals surface area (Å²) in [6.07, 6.45) is 3.96. The van der Waals surface area contributed by atoms with Crippen molar-refractivity contribution < 1.29 is 5.11 Å². The molecule has 0 radical (unpaired) electrons. The summed E-state index contributed by atoms with van der Waals surface area (Å²) in [4.78, 5) is 0. The summed E-state index contributed by atoms with van der Waals surface area (Å²) in [5, 5.41) is 12.7. The maximum Gasteiger partial charge on any atom is 0.0541 e. The molecule has 0 saturated heterocycles. The highest BCUT2D eigenvalue weighted by Gasteiger charge is 2.20. The molecule has 1 fully saturated rings. The molecule has 0 spiro atoms. The summed E-state index contributed by atoms with van der Waals surface area (Å²) in [5.41, 5.74) is 5.74. The second-order valence-electron chi connectivity index (χ2n) is 4.87. The van der Waals surface area contributed by atoms with Crippen LogP contribution in [-0.4, -0.2) is 29.3 Å². The molecule has 0 heterocycles. The first-order valence-corrected chi connectivity index (χ1v) is 5.18. The van der Waals surface area contributed by atoms with Crippen molar-refractivity contribution in [1.82, 2.24) is 5.32 Å². The van der Waals surface area contributed by atoms with Crippen LogP contribution in [0, 0.1) is 0 Å². The van der Waals surface area contributed by atoms with Crippen LogP contribution >= 0.6 is 0 Å². The lowest BCUT2D eigenvalue weighted by Gasteiger charge is -2.29. The number of hydrogen-bond acceptors (Lipinski definition) is 3. The van der Waals surface area contributed by atoms with E-state index in [-0.39, 0.29) is 11.6 Å². The van der Waals surface area contributed by atoms with E-state index >= 15 is 0 Å². The first-order valence-electron chi connectivity index (χ1n) is 5.18. The van der Waals surface area contributed by atoms with Crippen molar-refractivity contribution in [3.63, 3.8) is 0 Å². The molecule has 3 heteroatoms. The maximum atomic E-state index is 9.30. The van der Waals surface area contributed by atoms with Crippen LogP contribution in [0.5, 0.6) is 0 Å². The lowest BCUT2D eigenvalue weighted by Crippen LogP contribution is -2.47. The second-order valence-corrected chi connectivity index (χ2v) is 4.87. The van der Waals surface area contributed by atoms with Crippen molar-refractivity contribution in [3.8, 4) is 0 Å². The van der Waals surface area contributed by atoms with E-state index in [1.165, 1.54) is 0 Å². The van der Waals surface area contributed by atoms with Crippen LogP contribution in [0.2, 0.25) is 0 Å². The Labute approximate surface area is 80.7 Å². The van der Waals surface area contributed by atoms with Gasteiger partial charge in [0.25, 0.3) is 0 Å². The molecule has 0 aromatic carbocycles. The van der Waals surface area contributed by atoms with E-state index in [1.54, 1.807) is 0 Å². The Hall–Kier alpha value is -0.120. The van der Waals surface area contributed by atoms with Gasteiger partial charge >= 0.3 is 0 Å². The van der Waals surface area contributed by atoms with Crippen LogP contribution < -0.4 is 11.1 Å². The van der Waals surface area contributed by atoms with Crippen LogP contribution in [0.4, 0.5) is 0 Å². The van der Waals surface area contributed by atoms with E-state index in [4.69, 9.17) is 5.73 Å². The van der Waals surface area contributed by atoms with E-state index in [1.807, 2.05) is 13.8 Å². The van der Waals surface area contributed by atoms with Crippen molar-refractivity contribution in [3.05, 3.63) is 0 Å². The van der Waals surface area contributed by atoms with Gasteiger partial charge < -0.3 is 16.2 Å². The predicted molar refractivity (Wildman–Crippen MR) is 54.5 cm³/mol. The van der Waals surface area contributed by atoms with Gasteiger partial charge in [0.1, 0.15) is 0 Å². The van der Waals surface area contributed by atoms with Gasteiger partial charge in [-0.2, -0.15) is 0 Å². The number of nitrogens with two attached hydrogens (primary N) is 1. The van der Waals surface area contributed by atoms with E-state index in [0.29, 0.717) is 6.04 Å². The summed E-state index contributed by atoms with van der Waals surface area (Å²) < 4.78 is 0. The van der Waals surface area contributed by atoms with Crippen molar-refractivity contribution in [2.75, 3.05) is 6.54 Å². The van der Waals surface area contributed by atoms with Gasteiger partial charge in [0, 0.05) is 18.1 Å². The smallest absolute Gasteiger partial charge is 0.0541 e. The minimum absolute atomic E-state index is 0.0658. The molecule has 0 aromatic rings. The molecule has 78 valence electrons. The summed E-state index contributed by atoms with van der Waals surface area (Å²) >= 11 is 0. The number of nitrogens with one attached hydrogen (secondary N) is 1. The van der Waals surface area contributed by atoms with Crippen molar-refractivity contribution >= 4 is 0 Å². The maximum absolute atomic E-state index is 9.30. The molecule has 4 N–H and O–H groups in total. The Morgan fingerprint density at radius 3 is 2.31 bits per heavy atom. The molecule has 3 nitrogen and oxygen atoms in total. The summed E-state index contributed by atoms with van der Waals surface area (Å²) in [6, 6.07) is 0.561. The minimum Gasteiger partial charge on any atom is -0.393 e. The number of hydrogen-bond donors (Lipinski definition) is 3. The number of rotatable bonds is 3. The summed E-state index contributed by atoms with van der Waals surface area (Å²) in [5.74, 6) is 0. The molecule has 1 aliphatic rings. The fraction of sp³-hybridized carbons (Fsp3) is 1.00. The zero-order valence-corrected chi connectivity index (χ0v) is 8.71. The van der Waals surface area contributed by atoms with Crippen LogP contribution in [0.15, 0.2) is 0 Å². The molecule has 0 unspecified atom stereocenters. The molecule has 0 aromatic heterocycles. The zero-order chi connectivity index (χ0) is 9.90. The fourth-order valence-electron chi connectivity index (χ4n) is 1.69. The number of aliphatic hydroxyl groups excluding tert-OH is 1. The van der Waals surface area contributed by atoms with Crippen LogP contribution in [0.1, 0.15) is 39.5 Å². The van der Waals surface area contributed by atoms with Crippen molar-refractivity contribution in [2.45, 2.75) is 57.2 Å². The molecule has 0 amide bonds. The Kier molecular flexibility index (Phi) is 3.71. The molecule has 1 rings (SSSR count). The van der Waals surface area contributed by atoms with E-state index in [2.05, 4.69) is 5.32 Å². The molecule has 1 aliphatic carbocycles. The average Bonchev–Trinajstić information content (AvgIpc) is 2.02. The average molecular weight is 186 g/mol. The third kappa shape index (κ3) is 4.60. The monoisotopic (exact) mass is 186 g/mol. The van der Waals surface area contributed by atoms with Gasteiger partial charge in [-0.3, -0.25) is 0 Å². The lowest BCUT2D eigenvalue weighted by molar-refractivity contribution is 0.116. The van der Waals surface area contributed by atoms with Gasteiger partial charge in [-0.25, -0.2) is 0 Å². The van der Waals surface area contributed by atoms with E-state index in [0.717, 1.165) is 32.2 Å². The largest absolute Gasteiger partial charge is 0.393 e. The molecule has 0 aliphatic heterocycles. The fourth-order valence-corrected chi connectivity index (χ4v) is 1.69. The normalized spacial score (nSPS) is 30.5. The first kappa shape index (κ1) is 11.0. The van der Waals surface area contributed by atoms with Gasteiger partial charge in [0.05, 0.1) is 6.10 Å². The molecule has 0 bridgehead atoms. The third-order valence-electron chi connectivity index (χ3n) is 2.54. The Balaban J connectivity index is 2.16. The molecule has 1 saturated carbocycles. The summed E-state index contributed by atoms with van der Waals surface area (Å²) in [7, 11) is 0. The van der Waals surface area contributed by atoms with E-state index in [9.17, 15) is 5.11 Å². The van der Waals surface area contributed by atoms with Crippen molar-refractivity contribution in [1.29, 1.82) is 0 Å². The Bertz CT molecular complexity index is 145. The standard InChI is InChI=1S/C10H22N2O/c1-10(2,11)7-12-8-3-5-9(13)6-4-8/h8-9,12-13H,3-7,11H2,1-2H3. The zero-order valence-electron chi connectivity index (χ0n) is 8.71. The van der Waals surface area contributed by atoms with Gasteiger partial charge in [0.2, 0.25) is 0 Å². The topological polar surface area (TPSA) is 58.3 Å². The lowest BCUT2D eigenvalue weighted by atomic mass is 9.92. The van der Waals surface area contributed by atoms with Gasteiger partial charge in [-0.05, 0) is 39.5 Å². The Morgan fingerprint density at radius 1 is 1.31 bits per heavy atom. The SMILES string of the molecule is CC(C)(N)CNC1CCC(O)CC1. The highest BCUT2D eigenvalue weighted by Crippen LogP contribution is 2.18. The van der Waals surface area contributed by atoms with Crippen LogP contribution in [0.3, 0.4) is 0 Å². The predicted octanol–water partition coefficient (Wildman–Crippen LogP) is 0.617. The van der Waals surface area contributed by atoms with Crippen LogP contribution in [0.25, 0.3) is 0 Å². The Morgan fingerprint density at radius 2 is 1.85 bits per heavy atom. The van der Waals surface area contributed by atoms with Gasteiger partial charge in [0.15, 0.2) is 0 Å². The molecular formula is C10H22N2O. The minimum atomic E-state index is -0.129. The van der Waals surface area contributed by atoms with Gasteiger partial charge in [-0.15, -0.1) is 0 Å². The van der Waals surface area contributed by atoms with Crippen molar-refractivity contribution in [2.24, 2.45) is 5.73 Å². The summed E-state index contributed by atoms with van der Waals surface area (Å²) in [6.45, 7) is 4.91.